The summed E-state index contributed by atoms with van der Waals surface area (Å²) in [6.07, 6.45) is 4.34. The number of nitrogens with one attached hydrogen (secondary N) is 2. The molecule has 23 heavy (non-hydrogen) atoms. The highest BCUT2D eigenvalue weighted by Crippen LogP contribution is 2.32. The molecule has 9 nitrogen and oxygen atoms in total. The van der Waals surface area contributed by atoms with Crippen molar-refractivity contribution in [2.24, 2.45) is 0 Å². The summed E-state index contributed by atoms with van der Waals surface area (Å²) in [6, 6.07) is 7.14. The van der Waals surface area contributed by atoms with E-state index in [-0.39, 0.29) is 23.5 Å². The monoisotopic (exact) mass is 313 g/mol. The van der Waals surface area contributed by atoms with Gasteiger partial charge in [0.05, 0.1) is 4.92 Å². The molecule has 2 N–H and O–H groups in total. The summed E-state index contributed by atoms with van der Waals surface area (Å²) < 4.78 is 0. The van der Waals surface area contributed by atoms with Crippen LogP contribution >= 0.6 is 0 Å². The van der Waals surface area contributed by atoms with Crippen LogP contribution in [0, 0.1) is 20.2 Å². The molecule has 0 saturated heterocycles. The molecule has 0 spiro atoms. The van der Waals surface area contributed by atoms with E-state index in [1.54, 1.807) is 36.7 Å². The van der Waals surface area contributed by atoms with Gasteiger partial charge in [-0.25, -0.2) is 9.97 Å². The van der Waals surface area contributed by atoms with E-state index in [1.165, 1.54) is 0 Å². The Morgan fingerprint density at radius 1 is 1.09 bits per heavy atom. The fourth-order valence-electron chi connectivity index (χ4n) is 2.44. The van der Waals surface area contributed by atoms with E-state index in [9.17, 15) is 20.2 Å². The average Bonchev–Trinajstić information content (AvgIpc) is 3.16. The number of imidazole rings is 1. The van der Waals surface area contributed by atoms with Gasteiger partial charge in [0.2, 0.25) is 0 Å². The average molecular weight is 313 g/mol. The Morgan fingerprint density at radius 3 is 2.52 bits per heavy atom. The van der Waals surface area contributed by atoms with Crippen LogP contribution in [0.1, 0.15) is 11.1 Å². The van der Waals surface area contributed by atoms with Gasteiger partial charge in [0.15, 0.2) is 6.20 Å². The van der Waals surface area contributed by atoms with Gasteiger partial charge in [0.25, 0.3) is 0 Å². The number of H-pyrrole nitrogens is 2. The van der Waals surface area contributed by atoms with E-state index in [0.29, 0.717) is 11.4 Å². The van der Waals surface area contributed by atoms with Gasteiger partial charge in [-0.15, -0.1) is 0 Å². The van der Waals surface area contributed by atoms with E-state index >= 15 is 0 Å². The number of hydrogen-bond donors (Lipinski definition) is 2. The molecule has 2 aromatic heterocycles. The largest absolute Gasteiger partial charge is 0.358 e. The van der Waals surface area contributed by atoms with Gasteiger partial charge in [0.1, 0.15) is 11.4 Å². The van der Waals surface area contributed by atoms with Gasteiger partial charge in [0, 0.05) is 24.4 Å². The summed E-state index contributed by atoms with van der Waals surface area (Å²) in [4.78, 5) is 30.4. The van der Waals surface area contributed by atoms with Crippen LogP contribution < -0.4 is 0 Å². The fraction of sp³-hybridized carbons (Fsp3) is 0.0714. The Labute approximate surface area is 129 Å². The first-order valence-electron chi connectivity index (χ1n) is 6.64. The number of nitrogens with zero attached hydrogens (tertiary/aromatic N) is 3. The van der Waals surface area contributed by atoms with E-state index < -0.39 is 9.85 Å². The van der Waals surface area contributed by atoms with E-state index in [1.807, 2.05) is 0 Å². The van der Waals surface area contributed by atoms with Crippen LogP contribution in [-0.2, 0) is 6.42 Å². The normalized spacial score (nSPS) is 10.6. The van der Waals surface area contributed by atoms with Crippen molar-refractivity contribution in [2.45, 2.75) is 6.42 Å². The highest BCUT2D eigenvalue weighted by molar-refractivity contribution is 5.63. The Kier molecular flexibility index (Phi) is 3.59. The topological polar surface area (TPSA) is 131 Å². The molecule has 9 heteroatoms. The molecule has 0 saturated carbocycles. The predicted molar refractivity (Wildman–Crippen MR) is 80.9 cm³/mol. The van der Waals surface area contributed by atoms with Crippen molar-refractivity contribution in [1.29, 1.82) is 0 Å². The van der Waals surface area contributed by atoms with Crippen LogP contribution in [0.15, 0.2) is 42.9 Å². The number of benzene rings is 1. The third-order valence-electron chi connectivity index (χ3n) is 3.46. The van der Waals surface area contributed by atoms with Gasteiger partial charge in [-0.3, -0.25) is 10.1 Å². The minimum Gasteiger partial charge on any atom is -0.358 e. The van der Waals surface area contributed by atoms with Crippen LogP contribution in [0.3, 0.4) is 0 Å². The SMILES string of the molecule is O=[N+]([O-])c1c[nH]c([N+](=O)[O-])c1Cc1ccccc1-c1ncc[nH]1. The van der Waals surface area contributed by atoms with Crippen LogP contribution in [0.25, 0.3) is 11.4 Å². The van der Waals surface area contributed by atoms with Crippen molar-refractivity contribution >= 4 is 11.5 Å². The van der Waals surface area contributed by atoms with Crippen molar-refractivity contribution in [3.63, 3.8) is 0 Å². The minimum atomic E-state index is -0.655. The van der Waals surface area contributed by atoms with Crippen molar-refractivity contribution in [3.8, 4) is 11.4 Å². The summed E-state index contributed by atoms with van der Waals surface area (Å²) in [6.45, 7) is 0. The molecule has 0 aliphatic heterocycles. The molecule has 0 aliphatic rings. The molecule has 0 fully saturated rings. The van der Waals surface area contributed by atoms with Gasteiger partial charge >= 0.3 is 11.5 Å². The van der Waals surface area contributed by atoms with E-state index in [0.717, 1.165) is 11.8 Å². The quantitative estimate of drug-likeness (QED) is 0.552. The minimum absolute atomic E-state index is 0.0407. The zero-order valence-corrected chi connectivity index (χ0v) is 11.7. The Balaban J connectivity index is 2.09. The number of rotatable bonds is 5. The lowest BCUT2D eigenvalue weighted by Gasteiger charge is -2.06. The smallest absolute Gasteiger partial charge is 0.331 e. The van der Waals surface area contributed by atoms with Crippen molar-refractivity contribution < 1.29 is 9.85 Å². The Morgan fingerprint density at radius 2 is 1.87 bits per heavy atom. The van der Waals surface area contributed by atoms with Gasteiger partial charge in [-0.2, -0.15) is 0 Å². The predicted octanol–water partition coefficient (Wildman–Crippen LogP) is 2.81. The second kappa shape index (κ2) is 5.72. The molecule has 3 rings (SSSR count). The summed E-state index contributed by atoms with van der Waals surface area (Å²) >= 11 is 0. The van der Waals surface area contributed by atoms with Crippen molar-refractivity contribution in [2.75, 3.05) is 0 Å². The molecule has 0 aliphatic carbocycles. The molecular weight excluding hydrogens is 302 g/mol. The van der Waals surface area contributed by atoms with Gasteiger partial charge in [-0.05, 0) is 10.5 Å². The maximum Gasteiger partial charge on any atom is 0.331 e. The van der Waals surface area contributed by atoms with E-state index in [2.05, 4.69) is 15.0 Å². The first-order chi connectivity index (χ1) is 11.1. The van der Waals surface area contributed by atoms with Gasteiger partial charge in [-0.1, -0.05) is 24.3 Å². The molecule has 116 valence electrons. The maximum atomic E-state index is 11.1. The molecule has 0 radical (unpaired) electrons. The highest BCUT2D eigenvalue weighted by Gasteiger charge is 2.28. The zero-order chi connectivity index (χ0) is 16.4. The fourth-order valence-corrected chi connectivity index (χ4v) is 2.44. The number of nitro groups is 2. The molecule has 0 unspecified atom stereocenters. The Hall–Kier alpha value is -3.49. The lowest BCUT2D eigenvalue weighted by Crippen LogP contribution is -2.00. The highest BCUT2D eigenvalue weighted by atomic mass is 16.6. The number of hydrogen-bond acceptors (Lipinski definition) is 5. The molecule has 0 amide bonds. The molecule has 0 atom stereocenters. The van der Waals surface area contributed by atoms with Crippen LogP contribution in [0.4, 0.5) is 11.5 Å². The molecule has 1 aromatic carbocycles. The lowest BCUT2D eigenvalue weighted by atomic mass is 10.00. The maximum absolute atomic E-state index is 11.1. The van der Waals surface area contributed by atoms with Gasteiger partial charge < -0.3 is 15.1 Å². The van der Waals surface area contributed by atoms with Crippen LogP contribution in [-0.4, -0.2) is 24.8 Å². The number of aromatic nitrogens is 3. The van der Waals surface area contributed by atoms with E-state index in [4.69, 9.17) is 0 Å². The summed E-state index contributed by atoms with van der Waals surface area (Å²) in [7, 11) is 0. The molecular formula is C14H11N5O4. The lowest BCUT2D eigenvalue weighted by molar-refractivity contribution is -0.394. The first kappa shape index (κ1) is 14.4. The van der Waals surface area contributed by atoms with Crippen molar-refractivity contribution in [1.82, 2.24) is 15.0 Å². The van der Waals surface area contributed by atoms with Crippen LogP contribution in [0.2, 0.25) is 0 Å². The first-order valence-corrected chi connectivity index (χ1v) is 6.64. The zero-order valence-electron chi connectivity index (χ0n) is 11.7. The Bertz CT molecular complexity index is 838. The molecule has 3 aromatic rings. The number of aromatic amines is 2. The third kappa shape index (κ3) is 2.67. The van der Waals surface area contributed by atoms with Crippen LogP contribution in [0.5, 0.6) is 0 Å². The second-order valence-electron chi connectivity index (χ2n) is 4.79. The summed E-state index contributed by atoms with van der Waals surface area (Å²) in [5, 5.41) is 22.2. The summed E-state index contributed by atoms with van der Waals surface area (Å²) in [5.41, 5.74) is 1.18. The molecule has 0 bridgehead atoms. The van der Waals surface area contributed by atoms with Crippen molar-refractivity contribution in [3.05, 3.63) is 74.2 Å². The third-order valence-corrected chi connectivity index (χ3v) is 3.46. The second-order valence-corrected chi connectivity index (χ2v) is 4.79. The summed E-state index contributed by atoms with van der Waals surface area (Å²) in [5.74, 6) is 0.229. The molecule has 2 heterocycles. The standard InChI is InChI=1S/C14H11N5O4/c20-18(21)12-8-17-14(19(22)23)11(12)7-9-3-1-2-4-10(9)13-15-5-6-16-13/h1-6,8,17H,7H2,(H,15,16).